The number of oxime groups is 1. The van der Waals surface area contributed by atoms with E-state index in [4.69, 9.17) is 4.84 Å². The molecule has 0 fully saturated rings. The maximum Gasteiger partial charge on any atom is 0.201 e. The molecule has 110 valence electrons. The molecular weight excluding hydrogens is 264 g/mol. The SMILES string of the molecule is CC(C)O/N=C(/c1ccc2c(c1)CCCC2)n1cncn1. The molecule has 0 unspecified atom stereocenters. The smallest absolute Gasteiger partial charge is 0.201 e. The Balaban J connectivity index is 1.98. The molecule has 0 spiro atoms. The molecule has 3 rings (SSSR count). The number of hydrogen-bond donors (Lipinski definition) is 0. The van der Waals surface area contributed by atoms with Gasteiger partial charge < -0.3 is 4.84 Å². The molecule has 0 N–H and O–H groups in total. The minimum atomic E-state index is 0.0288. The summed E-state index contributed by atoms with van der Waals surface area (Å²) < 4.78 is 1.65. The first-order chi connectivity index (χ1) is 10.2. The summed E-state index contributed by atoms with van der Waals surface area (Å²) in [6, 6.07) is 6.50. The number of benzene rings is 1. The zero-order valence-corrected chi connectivity index (χ0v) is 12.5. The average molecular weight is 284 g/mol. The predicted molar refractivity (Wildman–Crippen MR) is 81.3 cm³/mol. The summed E-state index contributed by atoms with van der Waals surface area (Å²) in [5, 5.41) is 8.44. The molecule has 21 heavy (non-hydrogen) atoms. The second-order valence-corrected chi connectivity index (χ2v) is 5.60. The Morgan fingerprint density at radius 2 is 2.05 bits per heavy atom. The lowest BCUT2D eigenvalue weighted by atomic mass is 9.90. The van der Waals surface area contributed by atoms with Crippen molar-refractivity contribution >= 4 is 5.84 Å². The fourth-order valence-electron chi connectivity index (χ4n) is 2.57. The average Bonchev–Trinajstić information content (AvgIpc) is 3.01. The quantitative estimate of drug-likeness (QED) is 0.495. The molecule has 5 heteroatoms. The molecule has 0 bridgehead atoms. The van der Waals surface area contributed by atoms with Gasteiger partial charge >= 0.3 is 0 Å². The number of nitrogens with zero attached hydrogens (tertiary/aromatic N) is 4. The number of hydrogen-bond acceptors (Lipinski definition) is 4. The highest BCUT2D eigenvalue weighted by Gasteiger charge is 2.14. The van der Waals surface area contributed by atoms with Gasteiger partial charge in [0, 0.05) is 5.56 Å². The molecule has 2 aromatic rings. The van der Waals surface area contributed by atoms with Crippen LogP contribution in [0.25, 0.3) is 0 Å². The van der Waals surface area contributed by atoms with Gasteiger partial charge in [0.1, 0.15) is 18.8 Å². The third-order valence-corrected chi connectivity index (χ3v) is 3.59. The second kappa shape index (κ2) is 6.08. The number of aromatic nitrogens is 3. The predicted octanol–water partition coefficient (Wildman–Crippen LogP) is 2.79. The Bertz CT molecular complexity index is 632. The van der Waals surface area contributed by atoms with E-state index in [0.717, 1.165) is 12.0 Å². The lowest BCUT2D eigenvalue weighted by molar-refractivity contribution is 0.0851. The minimum absolute atomic E-state index is 0.0288. The molecule has 1 aliphatic rings. The summed E-state index contributed by atoms with van der Waals surface area (Å²) in [6.07, 6.45) is 8.03. The van der Waals surface area contributed by atoms with Gasteiger partial charge in [-0.2, -0.15) is 9.78 Å². The van der Waals surface area contributed by atoms with Crippen molar-refractivity contribution in [2.75, 3.05) is 0 Å². The first-order valence-corrected chi connectivity index (χ1v) is 7.45. The van der Waals surface area contributed by atoms with Crippen molar-refractivity contribution < 1.29 is 4.84 Å². The van der Waals surface area contributed by atoms with E-state index in [1.807, 2.05) is 13.8 Å². The summed E-state index contributed by atoms with van der Waals surface area (Å²) in [7, 11) is 0. The largest absolute Gasteiger partial charge is 0.391 e. The van der Waals surface area contributed by atoms with Gasteiger partial charge in [0.15, 0.2) is 0 Å². The van der Waals surface area contributed by atoms with Crippen molar-refractivity contribution in [3.63, 3.8) is 0 Å². The van der Waals surface area contributed by atoms with Gasteiger partial charge in [0.25, 0.3) is 0 Å². The van der Waals surface area contributed by atoms with Crippen molar-refractivity contribution in [2.24, 2.45) is 5.16 Å². The molecule has 0 atom stereocenters. The highest BCUT2D eigenvalue weighted by molar-refractivity contribution is 5.99. The molecule has 0 aliphatic heterocycles. The first-order valence-electron chi connectivity index (χ1n) is 7.45. The van der Waals surface area contributed by atoms with Crippen LogP contribution in [0.3, 0.4) is 0 Å². The molecular formula is C16H20N4O. The van der Waals surface area contributed by atoms with Crippen molar-refractivity contribution in [1.29, 1.82) is 0 Å². The van der Waals surface area contributed by atoms with E-state index in [1.54, 1.807) is 11.0 Å². The van der Waals surface area contributed by atoms with Gasteiger partial charge in [-0.1, -0.05) is 17.3 Å². The normalized spacial score (nSPS) is 15.1. The molecule has 0 saturated heterocycles. The van der Waals surface area contributed by atoms with Crippen molar-refractivity contribution in [2.45, 2.75) is 45.6 Å². The van der Waals surface area contributed by atoms with Crippen LogP contribution < -0.4 is 0 Å². The Hall–Kier alpha value is -2.17. The summed E-state index contributed by atoms with van der Waals surface area (Å²) in [4.78, 5) is 9.42. The van der Waals surface area contributed by atoms with Gasteiger partial charge in [0.05, 0.1) is 0 Å². The summed E-state index contributed by atoms with van der Waals surface area (Å²) in [6.45, 7) is 3.91. The molecule has 1 aromatic heterocycles. The van der Waals surface area contributed by atoms with E-state index in [0.29, 0.717) is 5.84 Å². The number of rotatable bonds is 3. The molecule has 1 heterocycles. The molecule has 0 radical (unpaired) electrons. The molecule has 5 nitrogen and oxygen atoms in total. The van der Waals surface area contributed by atoms with Gasteiger partial charge in [-0.15, -0.1) is 0 Å². The topological polar surface area (TPSA) is 52.3 Å². The lowest BCUT2D eigenvalue weighted by Crippen LogP contribution is -2.17. The maximum atomic E-state index is 5.43. The Labute approximate surface area is 124 Å². The maximum absolute atomic E-state index is 5.43. The van der Waals surface area contributed by atoms with Crippen LogP contribution in [0.15, 0.2) is 36.0 Å². The van der Waals surface area contributed by atoms with Gasteiger partial charge in [0.2, 0.25) is 5.84 Å². The van der Waals surface area contributed by atoms with Crippen LogP contribution in [-0.4, -0.2) is 26.7 Å². The zero-order valence-electron chi connectivity index (χ0n) is 12.5. The standard InChI is InChI=1S/C16H20N4O/c1-12(2)21-19-16(20-11-17-10-18-20)15-8-7-13-5-3-4-6-14(13)9-15/h7-12H,3-6H2,1-2H3/b19-16-. The molecule has 0 saturated carbocycles. The lowest BCUT2D eigenvalue weighted by Gasteiger charge is -2.17. The summed E-state index contributed by atoms with van der Waals surface area (Å²) >= 11 is 0. The van der Waals surface area contributed by atoms with Gasteiger partial charge in [-0.3, -0.25) is 0 Å². The fourth-order valence-corrected chi connectivity index (χ4v) is 2.57. The van der Waals surface area contributed by atoms with Crippen molar-refractivity contribution in [3.8, 4) is 0 Å². The van der Waals surface area contributed by atoms with E-state index < -0.39 is 0 Å². The minimum Gasteiger partial charge on any atom is -0.391 e. The third kappa shape index (κ3) is 3.12. The van der Waals surface area contributed by atoms with Crippen LogP contribution in [-0.2, 0) is 17.7 Å². The van der Waals surface area contributed by atoms with Crippen LogP contribution in [0.2, 0.25) is 0 Å². The summed E-state index contributed by atoms with van der Waals surface area (Å²) in [5.41, 5.74) is 3.88. The Kier molecular flexibility index (Phi) is 3.99. The van der Waals surface area contributed by atoms with E-state index >= 15 is 0 Å². The molecule has 1 aliphatic carbocycles. The molecule has 0 amide bonds. The van der Waals surface area contributed by atoms with Crippen molar-refractivity contribution in [1.82, 2.24) is 14.8 Å². The monoisotopic (exact) mass is 284 g/mol. The summed E-state index contributed by atoms with van der Waals surface area (Å²) in [5.74, 6) is 0.676. The van der Waals surface area contributed by atoms with Crippen LogP contribution in [0, 0.1) is 0 Å². The Morgan fingerprint density at radius 1 is 1.24 bits per heavy atom. The third-order valence-electron chi connectivity index (χ3n) is 3.59. The van der Waals surface area contributed by atoms with Gasteiger partial charge in [-0.05, 0) is 56.7 Å². The highest BCUT2D eigenvalue weighted by Crippen LogP contribution is 2.22. The highest BCUT2D eigenvalue weighted by atomic mass is 16.6. The van der Waals surface area contributed by atoms with Crippen LogP contribution in [0.4, 0.5) is 0 Å². The number of aryl methyl sites for hydroxylation is 2. The van der Waals surface area contributed by atoms with Crippen LogP contribution in [0.1, 0.15) is 43.4 Å². The van der Waals surface area contributed by atoms with Gasteiger partial charge in [-0.25, -0.2) is 4.98 Å². The van der Waals surface area contributed by atoms with Crippen LogP contribution in [0.5, 0.6) is 0 Å². The second-order valence-electron chi connectivity index (χ2n) is 5.60. The Morgan fingerprint density at radius 3 is 2.76 bits per heavy atom. The van der Waals surface area contributed by atoms with E-state index in [9.17, 15) is 0 Å². The first kappa shape index (κ1) is 13.8. The zero-order chi connectivity index (χ0) is 14.7. The number of fused-ring (bicyclic) bond motifs is 1. The van der Waals surface area contributed by atoms with E-state index in [-0.39, 0.29) is 6.10 Å². The van der Waals surface area contributed by atoms with Crippen LogP contribution >= 0.6 is 0 Å². The fraction of sp³-hybridized carbons (Fsp3) is 0.438. The van der Waals surface area contributed by atoms with Crippen molar-refractivity contribution in [3.05, 3.63) is 47.5 Å². The molecule has 1 aromatic carbocycles. The van der Waals surface area contributed by atoms with E-state index in [1.165, 1.54) is 36.7 Å². The van der Waals surface area contributed by atoms with E-state index in [2.05, 4.69) is 33.4 Å².